The van der Waals surface area contributed by atoms with Gasteiger partial charge in [-0.2, -0.15) is 0 Å². The van der Waals surface area contributed by atoms with Crippen LogP contribution >= 0.6 is 11.3 Å². The maximum atomic E-state index is 5.58. The molecule has 2 aromatic rings. The van der Waals surface area contributed by atoms with Gasteiger partial charge in [0.15, 0.2) is 0 Å². The summed E-state index contributed by atoms with van der Waals surface area (Å²) in [6, 6.07) is 4.15. The molecule has 0 fully saturated rings. The molecular formula is C9H10OS. The Bertz CT molecular complexity index is 328. The van der Waals surface area contributed by atoms with Gasteiger partial charge in [-0.3, -0.25) is 0 Å². The fourth-order valence-electron chi connectivity index (χ4n) is 1.07. The van der Waals surface area contributed by atoms with Gasteiger partial charge in [0.2, 0.25) is 0 Å². The van der Waals surface area contributed by atoms with Gasteiger partial charge in [0, 0.05) is 5.92 Å². The van der Waals surface area contributed by atoms with E-state index in [1.165, 1.54) is 4.70 Å². The van der Waals surface area contributed by atoms with Gasteiger partial charge >= 0.3 is 0 Å². The summed E-state index contributed by atoms with van der Waals surface area (Å²) in [6.45, 7) is 4.28. The molecule has 2 rings (SSSR count). The summed E-state index contributed by atoms with van der Waals surface area (Å²) in [6.07, 6.45) is 0. The maximum absolute atomic E-state index is 5.58. The first-order valence-electron chi connectivity index (χ1n) is 3.74. The van der Waals surface area contributed by atoms with Crippen molar-refractivity contribution in [3.05, 3.63) is 23.3 Å². The van der Waals surface area contributed by atoms with Crippen LogP contribution in [0.3, 0.4) is 0 Å². The zero-order valence-corrected chi connectivity index (χ0v) is 7.44. The Balaban J connectivity index is 2.58. The van der Waals surface area contributed by atoms with Gasteiger partial charge in [0.1, 0.15) is 11.3 Å². The molecule has 2 heteroatoms. The third-order valence-electron chi connectivity index (χ3n) is 1.73. The predicted molar refractivity (Wildman–Crippen MR) is 48.2 cm³/mol. The van der Waals surface area contributed by atoms with Crippen LogP contribution in [0.4, 0.5) is 0 Å². The van der Waals surface area contributed by atoms with Gasteiger partial charge in [-0.05, 0) is 17.5 Å². The van der Waals surface area contributed by atoms with E-state index in [4.69, 9.17) is 4.42 Å². The molecule has 1 nitrogen and oxygen atoms in total. The molecule has 0 unspecified atom stereocenters. The SMILES string of the molecule is CC(C)c1cc2sccc2o1. The summed E-state index contributed by atoms with van der Waals surface area (Å²) in [5.41, 5.74) is 1.03. The number of hydrogen-bond acceptors (Lipinski definition) is 2. The first-order chi connectivity index (χ1) is 5.27. The second kappa shape index (κ2) is 2.38. The molecule has 0 N–H and O–H groups in total. The summed E-state index contributed by atoms with van der Waals surface area (Å²) in [4.78, 5) is 0. The maximum Gasteiger partial charge on any atom is 0.145 e. The smallest absolute Gasteiger partial charge is 0.145 e. The molecule has 0 atom stereocenters. The molecule has 2 aromatic heterocycles. The first-order valence-corrected chi connectivity index (χ1v) is 4.62. The standard InChI is InChI=1S/C9H10OS/c1-6(2)8-5-9-7(10-8)3-4-11-9/h3-6H,1-2H3. The van der Waals surface area contributed by atoms with Crippen molar-refractivity contribution in [1.29, 1.82) is 0 Å². The third kappa shape index (κ3) is 1.07. The van der Waals surface area contributed by atoms with Crippen LogP contribution in [0.1, 0.15) is 25.5 Å². The zero-order chi connectivity index (χ0) is 7.84. The van der Waals surface area contributed by atoms with Crippen molar-refractivity contribution in [2.75, 3.05) is 0 Å². The monoisotopic (exact) mass is 166 g/mol. The van der Waals surface area contributed by atoms with Crippen LogP contribution in [0.25, 0.3) is 10.3 Å². The molecule has 0 saturated heterocycles. The molecule has 0 spiro atoms. The second-order valence-electron chi connectivity index (χ2n) is 2.95. The van der Waals surface area contributed by atoms with E-state index < -0.39 is 0 Å². The van der Waals surface area contributed by atoms with Gasteiger partial charge in [-0.15, -0.1) is 11.3 Å². The highest BCUT2D eigenvalue weighted by molar-refractivity contribution is 7.17. The fraction of sp³-hybridized carbons (Fsp3) is 0.333. The van der Waals surface area contributed by atoms with Crippen molar-refractivity contribution in [3.8, 4) is 0 Å². The average molecular weight is 166 g/mol. The molecule has 58 valence electrons. The number of thiophene rings is 1. The molecule has 11 heavy (non-hydrogen) atoms. The highest BCUT2D eigenvalue weighted by Crippen LogP contribution is 2.28. The van der Waals surface area contributed by atoms with Gasteiger partial charge in [-0.25, -0.2) is 0 Å². The molecular weight excluding hydrogens is 156 g/mol. The minimum Gasteiger partial charge on any atom is -0.460 e. The highest BCUT2D eigenvalue weighted by atomic mass is 32.1. The first kappa shape index (κ1) is 6.92. The Labute approximate surface area is 69.6 Å². The summed E-state index contributed by atoms with van der Waals surface area (Å²) in [5.74, 6) is 1.58. The van der Waals surface area contributed by atoms with E-state index in [0.717, 1.165) is 11.3 Å². The molecule has 2 heterocycles. The van der Waals surface area contributed by atoms with Crippen LogP contribution in [-0.2, 0) is 0 Å². The predicted octanol–water partition coefficient (Wildman–Crippen LogP) is 3.62. The van der Waals surface area contributed by atoms with Crippen molar-refractivity contribution in [3.63, 3.8) is 0 Å². The minimum atomic E-state index is 0.495. The molecule has 0 saturated carbocycles. The van der Waals surface area contributed by atoms with Gasteiger partial charge in [-0.1, -0.05) is 13.8 Å². The van der Waals surface area contributed by atoms with Crippen LogP contribution in [0.15, 0.2) is 21.9 Å². The topological polar surface area (TPSA) is 13.1 Å². The van der Waals surface area contributed by atoms with E-state index in [2.05, 4.69) is 25.3 Å². The molecule has 0 aromatic carbocycles. The third-order valence-corrected chi connectivity index (χ3v) is 2.57. The van der Waals surface area contributed by atoms with E-state index in [9.17, 15) is 0 Å². The van der Waals surface area contributed by atoms with Crippen molar-refractivity contribution in [2.24, 2.45) is 0 Å². The molecule has 0 aliphatic carbocycles. The van der Waals surface area contributed by atoms with Crippen LogP contribution in [0, 0.1) is 0 Å². The number of fused-ring (bicyclic) bond motifs is 1. The fourth-order valence-corrected chi connectivity index (χ4v) is 1.82. The molecule has 0 aliphatic rings. The van der Waals surface area contributed by atoms with E-state index in [1.807, 2.05) is 6.07 Å². The van der Waals surface area contributed by atoms with Crippen molar-refractivity contribution < 1.29 is 4.42 Å². The number of rotatable bonds is 1. The van der Waals surface area contributed by atoms with Crippen LogP contribution in [0.2, 0.25) is 0 Å². The van der Waals surface area contributed by atoms with E-state index in [1.54, 1.807) is 11.3 Å². The van der Waals surface area contributed by atoms with E-state index in [0.29, 0.717) is 5.92 Å². The summed E-state index contributed by atoms with van der Waals surface area (Å²) in [7, 11) is 0. The van der Waals surface area contributed by atoms with Crippen molar-refractivity contribution >= 4 is 21.6 Å². The number of furan rings is 1. The summed E-state index contributed by atoms with van der Waals surface area (Å²) in [5, 5.41) is 2.05. The van der Waals surface area contributed by atoms with Crippen molar-refractivity contribution in [1.82, 2.24) is 0 Å². The molecule has 0 radical (unpaired) electrons. The lowest BCUT2D eigenvalue weighted by atomic mass is 10.2. The Morgan fingerprint density at radius 2 is 2.27 bits per heavy atom. The van der Waals surface area contributed by atoms with Gasteiger partial charge < -0.3 is 4.42 Å². The Kier molecular flexibility index (Phi) is 1.50. The lowest BCUT2D eigenvalue weighted by Gasteiger charge is -1.95. The lowest BCUT2D eigenvalue weighted by molar-refractivity contribution is 0.522. The Morgan fingerprint density at radius 3 is 2.91 bits per heavy atom. The largest absolute Gasteiger partial charge is 0.460 e. The van der Waals surface area contributed by atoms with Crippen molar-refractivity contribution in [2.45, 2.75) is 19.8 Å². The molecule has 0 aliphatic heterocycles. The van der Waals surface area contributed by atoms with Crippen LogP contribution in [-0.4, -0.2) is 0 Å². The summed E-state index contributed by atoms with van der Waals surface area (Å²) >= 11 is 1.73. The quantitative estimate of drug-likeness (QED) is 0.630. The lowest BCUT2D eigenvalue weighted by Crippen LogP contribution is -1.79. The van der Waals surface area contributed by atoms with E-state index in [-0.39, 0.29) is 0 Å². The number of hydrogen-bond donors (Lipinski definition) is 0. The highest BCUT2D eigenvalue weighted by Gasteiger charge is 2.06. The second-order valence-corrected chi connectivity index (χ2v) is 3.90. The van der Waals surface area contributed by atoms with E-state index >= 15 is 0 Å². The Morgan fingerprint density at radius 1 is 1.45 bits per heavy atom. The summed E-state index contributed by atoms with van der Waals surface area (Å²) < 4.78 is 6.84. The van der Waals surface area contributed by atoms with Gasteiger partial charge in [0.25, 0.3) is 0 Å². The van der Waals surface area contributed by atoms with Gasteiger partial charge in [0.05, 0.1) is 4.70 Å². The normalized spacial score (nSPS) is 11.5. The molecule has 0 bridgehead atoms. The average Bonchev–Trinajstić information content (AvgIpc) is 2.40. The van der Waals surface area contributed by atoms with Crippen LogP contribution in [0.5, 0.6) is 0 Å². The zero-order valence-electron chi connectivity index (χ0n) is 6.63. The minimum absolute atomic E-state index is 0.495. The Hall–Kier alpha value is -0.760. The van der Waals surface area contributed by atoms with Crippen LogP contribution < -0.4 is 0 Å². The molecule has 0 amide bonds.